The molecule has 0 radical (unpaired) electrons. The topological polar surface area (TPSA) is 61.9 Å². The lowest BCUT2D eigenvalue weighted by Crippen LogP contribution is -2.44. The molecule has 82 heavy (non-hydrogen) atoms. The molecule has 2 unspecified atom stereocenters. The van der Waals surface area contributed by atoms with E-state index < -0.39 is 33.3 Å². The molecule has 2 atom stereocenters. The number of nitrogens with zero attached hydrogens (tertiary/aromatic N) is 2. The molecule has 0 saturated carbocycles. The molecule has 0 aromatic heterocycles. The van der Waals surface area contributed by atoms with Crippen molar-refractivity contribution >= 4 is 68.9 Å². The van der Waals surface area contributed by atoms with E-state index in [0.717, 1.165) is 85.6 Å². The standard InChI is InChI=1S/C70H124N2O6Si4/c1-25-29-31-57(27-3)55-73-65-53-62(40-34-60-37-43-64(44-38-60)72(47-51-77-81(21,22)69(11,12)13)48-52-78-82(23,24)70(14,15)16)66(74-56-58(28-4)32-30-26-2)54-61(65)39-33-59-35-41-63(42-36-59)71(45-49-75-79(17,18)67(5,6)7)46-50-76-80(19,20)68(8,9)10/h33-44,53-54,57-58H,25-32,45-52,55-56H2,1-24H3/b39-33+,40-34+. The predicted molar refractivity (Wildman–Crippen MR) is 372 cm³/mol. The summed E-state index contributed by atoms with van der Waals surface area (Å²) >= 11 is 0. The van der Waals surface area contributed by atoms with Crippen LogP contribution in [0.25, 0.3) is 24.3 Å². The second-order valence-corrected chi connectivity index (χ2v) is 48.9. The Morgan fingerprint density at radius 1 is 0.402 bits per heavy atom. The fraction of sp³-hybridized carbons (Fsp3) is 0.686. The molecule has 0 aliphatic rings. The van der Waals surface area contributed by atoms with E-state index >= 15 is 0 Å². The van der Waals surface area contributed by atoms with Crippen LogP contribution in [0.1, 0.15) is 184 Å². The maximum Gasteiger partial charge on any atom is 0.192 e. The summed E-state index contributed by atoms with van der Waals surface area (Å²) in [5, 5.41) is 0.630. The smallest absolute Gasteiger partial charge is 0.192 e. The average molecular weight is 1200 g/mol. The van der Waals surface area contributed by atoms with Gasteiger partial charge in [0.2, 0.25) is 0 Å². The van der Waals surface area contributed by atoms with E-state index in [2.05, 4.69) is 258 Å². The zero-order valence-electron chi connectivity index (χ0n) is 57.3. The number of anilines is 2. The minimum atomic E-state index is -1.90. The molecule has 0 aliphatic carbocycles. The maximum absolute atomic E-state index is 6.94. The fourth-order valence-corrected chi connectivity index (χ4v) is 12.7. The number of hydrogen-bond donors (Lipinski definition) is 0. The van der Waals surface area contributed by atoms with Gasteiger partial charge in [-0.25, -0.2) is 0 Å². The van der Waals surface area contributed by atoms with Gasteiger partial charge in [-0.15, -0.1) is 0 Å². The van der Waals surface area contributed by atoms with Gasteiger partial charge in [0.05, 0.1) is 39.6 Å². The van der Waals surface area contributed by atoms with Crippen LogP contribution in [0, 0.1) is 11.8 Å². The zero-order valence-corrected chi connectivity index (χ0v) is 61.3. The summed E-state index contributed by atoms with van der Waals surface area (Å²) in [6, 6.07) is 22.5. The zero-order chi connectivity index (χ0) is 61.8. The van der Waals surface area contributed by atoms with Gasteiger partial charge in [-0.05, 0) is 145 Å². The number of rotatable bonds is 36. The van der Waals surface area contributed by atoms with Crippen LogP contribution < -0.4 is 19.3 Å². The lowest BCUT2D eigenvalue weighted by Gasteiger charge is -2.38. The van der Waals surface area contributed by atoms with Crippen LogP contribution >= 0.6 is 0 Å². The van der Waals surface area contributed by atoms with Crippen molar-refractivity contribution in [2.45, 2.75) is 235 Å². The molecule has 3 rings (SSSR count). The van der Waals surface area contributed by atoms with Gasteiger partial charge in [0.25, 0.3) is 0 Å². The van der Waals surface area contributed by atoms with Crippen LogP contribution in [0.2, 0.25) is 72.5 Å². The molecular formula is C70H124N2O6Si4. The Labute approximate surface area is 509 Å². The molecule has 0 spiro atoms. The second-order valence-electron chi connectivity index (χ2n) is 29.6. The highest BCUT2D eigenvalue weighted by Gasteiger charge is 2.40. The van der Waals surface area contributed by atoms with E-state index in [1.54, 1.807) is 0 Å². The van der Waals surface area contributed by atoms with E-state index in [9.17, 15) is 0 Å². The van der Waals surface area contributed by atoms with Gasteiger partial charge in [-0.1, -0.05) is 198 Å². The average Bonchev–Trinajstić information content (AvgIpc) is 3.38. The van der Waals surface area contributed by atoms with Crippen LogP contribution in [0.4, 0.5) is 11.4 Å². The summed E-state index contributed by atoms with van der Waals surface area (Å²) in [4.78, 5) is 4.90. The van der Waals surface area contributed by atoms with Crippen molar-refractivity contribution < 1.29 is 27.2 Å². The SMILES string of the molecule is CCCCC(CC)COc1cc(/C=C/c2ccc(N(CCO[Si](C)(C)C(C)(C)C)CCO[Si](C)(C)C(C)(C)C)cc2)c(OCC(CC)CCCC)cc1/C=C/c1ccc(N(CCO[Si](C)(C)C(C)(C)C)CCO[Si](C)(C)C(C)(C)C)cc1. The van der Waals surface area contributed by atoms with Crippen molar-refractivity contribution in [3.63, 3.8) is 0 Å². The first kappa shape index (κ1) is 73.3. The van der Waals surface area contributed by atoms with Crippen molar-refractivity contribution in [1.29, 1.82) is 0 Å². The largest absolute Gasteiger partial charge is 0.493 e. The van der Waals surface area contributed by atoms with E-state index in [-0.39, 0.29) is 20.2 Å². The highest BCUT2D eigenvalue weighted by Crippen LogP contribution is 2.40. The van der Waals surface area contributed by atoms with Crippen molar-refractivity contribution in [3.8, 4) is 11.5 Å². The van der Waals surface area contributed by atoms with Crippen LogP contribution in [-0.2, 0) is 17.7 Å². The first-order valence-corrected chi connectivity index (χ1v) is 43.7. The molecule has 0 N–H and O–H groups in total. The first-order valence-electron chi connectivity index (χ1n) is 32.1. The summed E-state index contributed by atoms with van der Waals surface area (Å²) in [6.07, 6.45) is 18.2. The van der Waals surface area contributed by atoms with E-state index in [1.807, 2.05) is 0 Å². The molecule has 8 nitrogen and oxygen atoms in total. The van der Waals surface area contributed by atoms with E-state index in [1.165, 1.54) is 37.1 Å². The van der Waals surface area contributed by atoms with E-state index in [4.69, 9.17) is 27.2 Å². The Kier molecular flexibility index (Phi) is 29.2. The predicted octanol–water partition coefficient (Wildman–Crippen LogP) is 20.9. The van der Waals surface area contributed by atoms with Crippen LogP contribution in [-0.4, -0.2) is 99.1 Å². The van der Waals surface area contributed by atoms with Crippen LogP contribution in [0.3, 0.4) is 0 Å². The Morgan fingerprint density at radius 2 is 0.671 bits per heavy atom. The summed E-state index contributed by atoms with van der Waals surface area (Å²) in [7, 11) is -7.61. The van der Waals surface area contributed by atoms with Crippen molar-refractivity contribution in [1.82, 2.24) is 0 Å². The Bertz CT molecular complexity index is 2120. The van der Waals surface area contributed by atoms with Crippen molar-refractivity contribution in [2.75, 3.05) is 75.6 Å². The number of benzene rings is 3. The Balaban J connectivity index is 2.10. The maximum atomic E-state index is 6.94. The third-order valence-electron chi connectivity index (χ3n) is 19.1. The van der Waals surface area contributed by atoms with Gasteiger partial charge in [0.1, 0.15) is 11.5 Å². The number of hydrogen-bond acceptors (Lipinski definition) is 8. The molecule has 3 aromatic rings. The number of unbranched alkanes of at least 4 members (excludes halogenated alkanes) is 2. The Morgan fingerprint density at radius 3 is 0.902 bits per heavy atom. The third kappa shape index (κ3) is 23.7. The highest BCUT2D eigenvalue weighted by atomic mass is 28.4. The fourth-order valence-electron chi connectivity index (χ4n) is 8.53. The monoisotopic (exact) mass is 1200 g/mol. The minimum absolute atomic E-state index is 0.157. The summed E-state index contributed by atoms with van der Waals surface area (Å²) in [5.74, 6) is 2.74. The van der Waals surface area contributed by atoms with Crippen molar-refractivity contribution in [2.24, 2.45) is 11.8 Å². The molecule has 3 aromatic carbocycles. The normalized spacial score (nSPS) is 14.2. The van der Waals surface area contributed by atoms with Gasteiger partial charge in [-0.2, -0.15) is 0 Å². The third-order valence-corrected chi connectivity index (χ3v) is 37.3. The first-order chi connectivity index (χ1) is 38.0. The molecule has 0 aliphatic heterocycles. The minimum Gasteiger partial charge on any atom is -0.493 e. The van der Waals surface area contributed by atoms with Crippen LogP contribution in [0.5, 0.6) is 11.5 Å². The lowest BCUT2D eigenvalue weighted by molar-refractivity contribution is 0.227. The Hall–Kier alpha value is -2.95. The van der Waals surface area contributed by atoms with Gasteiger partial charge < -0.3 is 37.0 Å². The van der Waals surface area contributed by atoms with E-state index in [0.29, 0.717) is 51.5 Å². The van der Waals surface area contributed by atoms with Gasteiger partial charge >= 0.3 is 0 Å². The number of ether oxygens (including phenoxy) is 2. The van der Waals surface area contributed by atoms with Crippen LogP contribution in [0.15, 0.2) is 60.7 Å². The van der Waals surface area contributed by atoms with Gasteiger partial charge in [0.15, 0.2) is 33.3 Å². The van der Waals surface area contributed by atoms with Gasteiger partial charge in [0, 0.05) is 48.7 Å². The molecule has 466 valence electrons. The molecule has 12 heteroatoms. The molecule has 0 amide bonds. The molecule has 0 fully saturated rings. The molecule has 0 saturated heterocycles. The second kappa shape index (κ2) is 32.7. The molecule has 0 heterocycles. The summed E-state index contributed by atoms with van der Waals surface area (Å²) in [5.41, 5.74) is 6.67. The summed E-state index contributed by atoms with van der Waals surface area (Å²) in [6.45, 7) is 63.0. The van der Waals surface area contributed by atoms with Crippen molar-refractivity contribution in [3.05, 3.63) is 82.9 Å². The molecule has 0 bridgehead atoms. The highest BCUT2D eigenvalue weighted by molar-refractivity contribution is 6.75. The molecular weight excluding hydrogens is 1080 g/mol. The van der Waals surface area contributed by atoms with Gasteiger partial charge in [-0.3, -0.25) is 0 Å². The quantitative estimate of drug-likeness (QED) is 0.0422. The lowest BCUT2D eigenvalue weighted by atomic mass is 10.00. The summed E-state index contributed by atoms with van der Waals surface area (Å²) < 4.78 is 40.8.